The molecule has 0 aliphatic heterocycles. The van der Waals surface area contributed by atoms with Crippen molar-refractivity contribution in [3.8, 4) is 5.69 Å². The van der Waals surface area contributed by atoms with Crippen LogP contribution in [0.15, 0.2) is 51.8 Å². The first-order chi connectivity index (χ1) is 8.25. The number of nitrogens with zero attached hydrogens (tertiary/aromatic N) is 2. The zero-order chi connectivity index (χ0) is 11.8. The second-order valence-electron chi connectivity index (χ2n) is 3.61. The molecule has 1 aromatic carbocycles. The quantitative estimate of drug-likeness (QED) is 0.684. The van der Waals surface area contributed by atoms with Gasteiger partial charge in [0.2, 0.25) is 0 Å². The molecule has 0 unspecified atom stereocenters. The van der Waals surface area contributed by atoms with E-state index >= 15 is 0 Å². The fourth-order valence-corrected chi connectivity index (χ4v) is 1.79. The Hall–Kier alpha value is -2.56. The van der Waals surface area contributed by atoms with Gasteiger partial charge in [0.25, 0.3) is 0 Å². The van der Waals surface area contributed by atoms with Crippen LogP contribution in [0.2, 0.25) is 0 Å². The third kappa shape index (κ3) is 1.48. The first-order valence-electron chi connectivity index (χ1n) is 5.08. The molecular weight excluding hydrogens is 218 g/mol. The van der Waals surface area contributed by atoms with Crippen LogP contribution in [0.5, 0.6) is 0 Å². The minimum Gasteiger partial charge on any atom is -0.407 e. The monoisotopic (exact) mass is 227 g/mol. The highest BCUT2D eigenvalue weighted by Crippen LogP contribution is 2.17. The number of fused-ring (bicyclic) bond motifs is 1. The first-order valence-corrected chi connectivity index (χ1v) is 5.08. The zero-order valence-corrected chi connectivity index (χ0v) is 8.83. The fourth-order valence-electron chi connectivity index (χ4n) is 1.79. The predicted molar refractivity (Wildman–Crippen MR) is 64.0 cm³/mol. The molecule has 5 nitrogen and oxygen atoms in total. The van der Waals surface area contributed by atoms with Crippen LogP contribution in [0.3, 0.4) is 0 Å². The van der Waals surface area contributed by atoms with E-state index in [-0.39, 0.29) is 0 Å². The highest BCUT2D eigenvalue weighted by molar-refractivity contribution is 5.75. The number of nitrogen functional groups attached to an aromatic ring is 1. The number of nitrogens with two attached hydrogens (primary N) is 1. The van der Waals surface area contributed by atoms with Crippen LogP contribution < -0.4 is 11.5 Å². The lowest BCUT2D eigenvalue weighted by molar-refractivity contribution is 0.540. The third-order valence-electron chi connectivity index (χ3n) is 2.51. The van der Waals surface area contributed by atoms with Crippen LogP contribution in [-0.4, -0.2) is 9.55 Å². The van der Waals surface area contributed by atoms with Crippen LogP contribution in [0, 0.1) is 0 Å². The molecule has 2 aromatic heterocycles. The van der Waals surface area contributed by atoms with Crippen molar-refractivity contribution in [2.24, 2.45) is 0 Å². The van der Waals surface area contributed by atoms with E-state index in [1.807, 2.05) is 18.2 Å². The van der Waals surface area contributed by atoms with Crippen LogP contribution in [0.25, 0.3) is 16.8 Å². The largest absolute Gasteiger partial charge is 0.424 e. The maximum atomic E-state index is 11.8. The summed E-state index contributed by atoms with van der Waals surface area (Å²) in [5.41, 5.74) is 7.51. The molecule has 3 aromatic rings. The summed E-state index contributed by atoms with van der Waals surface area (Å²) >= 11 is 0. The van der Waals surface area contributed by atoms with Crippen molar-refractivity contribution in [1.82, 2.24) is 9.55 Å². The maximum absolute atomic E-state index is 11.8. The Morgan fingerprint density at radius 3 is 2.88 bits per heavy atom. The summed E-state index contributed by atoms with van der Waals surface area (Å²) in [4.78, 5) is 15.7. The predicted octanol–water partition coefficient (Wildman–Crippen LogP) is 1.56. The lowest BCUT2D eigenvalue weighted by atomic mass is 10.3. The Kier molecular flexibility index (Phi) is 1.98. The van der Waals surface area contributed by atoms with E-state index in [9.17, 15) is 4.79 Å². The number of hydrogen-bond acceptors (Lipinski definition) is 4. The van der Waals surface area contributed by atoms with Gasteiger partial charge in [-0.05, 0) is 18.2 Å². The van der Waals surface area contributed by atoms with Gasteiger partial charge in [-0.2, -0.15) is 0 Å². The lowest BCUT2D eigenvalue weighted by Gasteiger charge is -2.01. The molecule has 0 saturated heterocycles. The van der Waals surface area contributed by atoms with E-state index in [2.05, 4.69) is 4.98 Å². The minimum absolute atomic E-state index is 0.361. The molecule has 0 saturated carbocycles. The van der Waals surface area contributed by atoms with Crippen LogP contribution >= 0.6 is 0 Å². The van der Waals surface area contributed by atoms with Gasteiger partial charge in [-0.3, -0.25) is 0 Å². The fraction of sp³-hybridized carbons (Fsp3) is 0. The van der Waals surface area contributed by atoms with Crippen molar-refractivity contribution in [2.75, 3.05) is 5.73 Å². The molecule has 5 heteroatoms. The number of pyridine rings is 1. The van der Waals surface area contributed by atoms with Gasteiger partial charge >= 0.3 is 5.76 Å². The summed E-state index contributed by atoms with van der Waals surface area (Å²) in [5, 5.41) is 0. The van der Waals surface area contributed by atoms with Crippen LogP contribution in [0.4, 0.5) is 5.82 Å². The molecule has 3 rings (SSSR count). The number of anilines is 1. The van der Waals surface area contributed by atoms with Crippen LogP contribution in [0.1, 0.15) is 0 Å². The summed E-state index contributed by atoms with van der Waals surface area (Å²) in [5.74, 6) is -0.0727. The second kappa shape index (κ2) is 3.48. The Labute approximate surface area is 96.1 Å². The molecule has 84 valence electrons. The molecule has 2 heterocycles. The van der Waals surface area contributed by atoms with Crippen molar-refractivity contribution in [1.29, 1.82) is 0 Å². The minimum atomic E-state index is -0.434. The number of hydrogen-bond donors (Lipinski definition) is 1. The van der Waals surface area contributed by atoms with E-state index in [4.69, 9.17) is 10.2 Å². The Morgan fingerprint density at radius 2 is 2.06 bits per heavy atom. The van der Waals surface area contributed by atoms with Gasteiger partial charge in [0.05, 0.1) is 11.2 Å². The molecule has 0 spiro atoms. The first kappa shape index (κ1) is 9.65. The summed E-state index contributed by atoms with van der Waals surface area (Å²) < 4.78 is 6.61. The Balaban J connectivity index is 2.37. The van der Waals surface area contributed by atoms with E-state index in [0.717, 1.165) is 0 Å². The van der Waals surface area contributed by atoms with Crippen molar-refractivity contribution in [3.63, 3.8) is 0 Å². The van der Waals surface area contributed by atoms with E-state index in [1.165, 1.54) is 4.57 Å². The Bertz CT molecular complexity index is 743. The number of benzene rings is 1. The van der Waals surface area contributed by atoms with E-state index < -0.39 is 5.76 Å². The van der Waals surface area contributed by atoms with Gasteiger partial charge in [0.1, 0.15) is 5.82 Å². The van der Waals surface area contributed by atoms with Crippen LogP contribution in [-0.2, 0) is 0 Å². The van der Waals surface area contributed by atoms with Crippen molar-refractivity contribution < 1.29 is 4.42 Å². The molecule has 0 bridgehead atoms. The number of oxazole rings is 1. The number of rotatable bonds is 1. The molecular formula is C12H9N3O2. The maximum Gasteiger partial charge on any atom is 0.424 e. The molecule has 0 fully saturated rings. The molecule has 0 aliphatic carbocycles. The average molecular weight is 227 g/mol. The summed E-state index contributed by atoms with van der Waals surface area (Å²) in [6.07, 6.45) is 1.55. The SMILES string of the molecule is Nc1cc(-n2c(=O)oc3ccccc32)ccn1. The van der Waals surface area contributed by atoms with Gasteiger partial charge in [-0.15, -0.1) is 0 Å². The molecule has 0 atom stereocenters. The summed E-state index contributed by atoms with van der Waals surface area (Å²) in [6, 6.07) is 10.6. The highest BCUT2D eigenvalue weighted by Gasteiger charge is 2.10. The summed E-state index contributed by atoms with van der Waals surface area (Å²) in [6.45, 7) is 0. The van der Waals surface area contributed by atoms with Crippen molar-refractivity contribution in [3.05, 3.63) is 53.1 Å². The normalized spacial score (nSPS) is 10.8. The van der Waals surface area contributed by atoms with E-state index in [1.54, 1.807) is 24.4 Å². The number of para-hydroxylation sites is 2. The average Bonchev–Trinajstić information content (AvgIpc) is 2.64. The third-order valence-corrected chi connectivity index (χ3v) is 2.51. The van der Waals surface area contributed by atoms with Crippen molar-refractivity contribution in [2.45, 2.75) is 0 Å². The van der Waals surface area contributed by atoms with Gasteiger partial charge in [0, 0.05) is 12.3 Å². The Morgan fingerprint density at radius 1 is 1.24 bits per heavy atom. The van der Waals surface area contributed by atoms with Crippen molar-refractivity contribution >= 4 is 16.9 Å². The van der Waals surface area contributed by atoms with E-state index in [0.29, 0.717) is 22.6 Å². The lowest BCUT2D eigenvalue weighted by Crippen LogP contribution is -2.12. The smallest absolute Gasteiger partial charge is 0.407 e. The van der Waals surface area contributed by atoms with Gasteiger partial charge < -0.3 is 10.2 Å². The molecule has 0 amide bonds. The molecule has 0 aliphatic rings. The van der Waals surface area contributed by atoms with Gasteiger partial charge in [-0.25, -0.2) is 14.3 Å². The topological polar surface area (TPSA) is 74.0 Å². The second-order valence-corrected chi connectivity index (χ2v) is 3.61. The standard InChI is InChI=1S/C12H9N3O2/c13-11-7-8(5-6-14-11)15-9-3-1-2-4-10(9)17-12(15)16/h1-7H,(H2,13,14). The summed E-state index contributed by atoms with van der Waals surface area (Å²) in [7, 11) is 0. The number of aromatic nitrogens is 2. The zero-order valence-electron chi connectivity index (χ0n) is 8.83. The van der Waals surface area contributed by atoms with Gasteiger partial charge in [0.15, 0.2) is 5.58 Å². The van der Waals surface area contributed by atoms with Gasteiger partial charge in [-0.1, -0.05) is 12.1 Å². The molecule has 0 radical (unpaired) electrons. The molecule has 17 heavy (non-hydrogen) atoms. The molecule has 2 N–H and O–H groups in total. The highest BCUT2D eigenvalue weighted by atomic mass is 16.4.